The number of H-pyrrole nitrogens is 1. The lowest BCUT2D eigenvalue weighted by molar-refractivity contribution is 0.0950. The molecule has 0 aliphatic heterocycles. The summed E-state index contributed by atoms with van der Waals surface area (Å²) in [5, 5.41) is 11.8. The second-order valence-electron chi connectivity index (χ2n) is 5.46. The van der Waals surface area contributed by atoms with Gasteiger partial charge in [-0.25, -0.2) is 5.43 Å². The van der Waals surface area contributed by atoms with E-state index in [1.54, 1.807) is 24.3 Å². The SMILES string of the molecule is CCOc1ccccc1-c1cc(C(=O)N/N=C/c2ccc(Cl)cc2Cl)[nH]n1. The van der Waals surface area contributed by atoms with Crippen molar-refractivity contribution in [3.05, 3.63) is 69.8 Å². The van der Waals surface area contributed by atoms with E-state index in [1.807, 2.05) is 31.2 Å². The van der Waals surface area contributed by atoms with E-state index in [9.17, 15) is 4.79 Å². The number of ether oxygens (including phenoxy) is 1. The van der Waals surface area contributed by atoms with Crippen LogP contribution in [0.5, 0.6) is 5.75 Å². The van der Waals surface area contributed by atoms with Crippen molar-refractivity contribution in [1.29, 1.82) is 0 Å². The maximum Gasteiger partial charge on any atom is 0.289 e. The molecule has 1 aromatic heterocycles. The Morgan fingerprint density at radius 3 is 2.85 bits per heavy atom. The molecule has 0 aliphatic carbocycles. The van der Waals surface area contributed by atoms with Crippen molar-refractivity contribution in [3.8, 4) is 17.0 Å². The van der Waals surface area contributed by atoms with Crippen LogP contribution in [0.3, 0.4) is 0 Å². The van der Waals surface area contributed by atoms with Crippen LogP contribution in [0.15, 0.2) is 53.6 Å². The lowest BCUT2D eigenvalue weighted by Crippen LogP contribution is -2.18. The smallest absolute Gasteiger partial charge is 0.289 e. The van der Waals surface area contributed by atoms with Crippen molar-refractivity contribution >= 4 is 35.3 Å². The summed E-state index contributed by atoms with van der Waals surface area (Å²) in [6.07, 6.45) is 1.44. The Morgan fingerprint density at radius 1 is 1.26 bits per heavy atom. The summed E-state index contributed by atoms with van der Waals surface area (Å²) < 4.78 is 5.59. The zero-order valence-electron chi connectivity index (χ0n) is 14.4. The molecule has 6 nitrogen and oxygen atoms in total. The number of carbonyl (C=O) groups excluding carboxylic acids is 1. The number of aromatic amines is 1. The number of nitrogens with one attached hydrogen (secondary N) is 2. The second-order valence-corrected chi connectivity index (χ2v) is 6.30. The lowest BCUT2D eigenvalue weighted by atomic mass is 10.1. The van der Waals surface area contributed by atoms with E-state index in [0.29, 0.717) is 33.7 Å². The van der Waals surface area contributed by atoms with Crippen molar-refractivity contribution in [2.24, 2.45) is 5.10 Å². The fraction of sp³-hybridized carbons (Fsp3) is 0.105. The minimum atomic E-state index is -0.427. The van der Waals surface area contributed by atoms with E-state index in [2.05, 4.69) is 20.7 Å². The van der Waals surface area contributed by atoms with Gasteiger partial charge in [0.25, 0.3) is 5.91 Å². The van der Waals surface area contributed by atoms with Crippen molar-refractivity contribution in [2.75, 3.05) is 6.61 Å². The van der Waals surface area contributed by atoms with Gasteiger partial charge in [0, 0.05) is 16.1 Å². The Kier molecular flexibility index (Phi) is 6.11. The Morgan fingerprint density at radius 2 is 2.07 bits per heavy atom. The van der Waals surface area contributed by atoms with Gasteiger partial charge in [-0.05, 0) is 37.3 Å². The Labute approximate surface area is 166 Å². The van der Waals surface area contributed by atoms with Crippen LogP contribution >= 0.6 is 23.2 Å². The van der Waals surface area contributed by atoms with Gasteiger partial charge in [0.1, 0.15) is 11.4 Å². The van der Waals surface area contributed by atoms with Gasteiger partial charge >= 0.3 is 0 Å². The highest BCUT2D eigenvalue weighted by atomic mass is 35.5. The van der Waals surface area contributed by atoms with E-state index in [4.69, 9.17) is 27.9 Å². The largest absolute Gasteiger partial charge is 0.493 e. The first kappa shape index (κ1) is 18.9. The molecule has 27 heavy (non-hydrogen) atoms. The molecule has 0 saturated carbocycles. The Balaban J connectivity index is 1.71. The van der Waals surface area contributed by atoms with Gasteiger partial charge in [0.15, 0.2) is 0 Å². The van der Waals surface area contributed by atoms with Gasteiger partial charge in [-0.3, -0.25) is 9.89 Å². The van der Waals surface area contributed by atoms with Crippen LogP contribution in [0.2, 0.25) is 10.0 Å². The van der Waals surface area contributed by atoms with E-state index < -0.39 is 5.91 Å². The van der Waals surface area contributed by atoms with Crippen molar-refractivity contribution in [2.45, 2.75) is 6.92 Å². The molecule has 0 atom stereocenters. The standard InChI is InChI=1S/C19H16Cl2N4O2/c1-2-27-18-6-4-3-5-14(18)16-10-17(24-23-16)19(26)25-22-11-12-7-8-13(20)9-15(12)21/h3-11H,2H2,1H3,(H,23,24)(H,25,26)/b22-11+. The van der Waals surface area contributed by atoms with Gasteiger partial charge in [0.2, 0.25) is 0 Å². The highest BCUT2D eigenvalue weighted by molar-refractivity contribution is 6.36. The predicted molar refractivity (Wildman–Crippen MR) is 107 cm³/mol. The average molecular weight is 403 g/mol. The number of para-hydroxylation sites is 1. The number of hydrogen-bond acceptors (Lipinski definition) is 4. The van der Waals surface area contributed by atoms with E-state index in [-0.39, 0.29) is 5.69 Å². The van der Waals surface area contributed by atoms with Gasteiger partial charge in [-0.15, -0.1) is 0 Å². The van der Waals surface area contributed by atoms with Crippen LogP contribution in [0, 0.1) is 0 Å². The van der Waals surface area contributed by atoms with Crippen LogP contribution in [-0.4, -0.2) is 28.9 Å². The number of hydrazone groups is 1. The lowest BCUT2D eigenvalue weighted by Gasteiger charge is -2.07. The second kappa shape index (κ2) is 8.70. The van der Waals surface area contributed by atoms with Crippen LogP contribution in [0.1, 0.15) is 23.0 Å². The first-order valence-electron chi connectivity index (χ1n) is 8.14. The molecule has 0 fully saturated rings. The summed E-state index contributed by atoms with van der Waals surface area (Å²) in [7, 11) is 0. The number of hydrogen-bond donors (Lipinski definition) is 2. The molecule has 138 valence electrons. The average Bonchev–Trinajstić information content (AvgIpc) is 3.14. The number of benzene rings is 2. The number of aromatic nitrogens is 2. The molecule has 0 radical (unpaired) electrons. The molecule has 0 spiro atoms. The fourth-order valence-corrected chi connectivity index (χ4v) is 2.82. The first-order chi connectivity index (χ1) is 13.1. The van der Waals surface area contributed by atoms with Crippen LogP contribution < -0.4 is 10.2 Å². The molecule has 0 bridgehead atoms. The van der Waals surface area contributed by atoms with Gasteiger partial charge in [-0.2, -0.15) is 10.2 Å². The van der Waals surface area contributed by atoms with Gasteiger partial charge in [0.05, 0.1) is 23.5 Å². The summed E-state index contributed by atoms with van der Waals surface area (Å²) in [4.78, 5) is 12.2. The fourth-order valence-electron chi connectivity index (χ4n) is 2.36. The van der Waals surface area contributed by atoms with Crippen LogP contribution in [0.4, 0.5) is 0 Å². The third-order valence-corrected chi connectivity index (χ3v) is 4.18. The predicted octanol–water partition coefficient (Wildman–Crippen LogP) is 4.55. The number of halogens is 2. The third-order valence-electron chi connectivity index (χ3n) is 3.62. The third kappa shape index (κ3) is 4.67. The molecular formula is C19H16Cl2N4O2. The normalized spacial score (nSPS) is 10.9. The number of nitrogens with zero attached hydrogens (tertiary/aromatic N) is 2. The highest BCUT2D eigenvalue weighted by Gasteiger charge is 2.13. The summed E-state index contributed by atoms with van der Waals surface area (Å²) >= 11 is 11.9. The highest BCUT2D eigenvalue weighted by Crippen LogP contribution is 2.28. The maximum absolute atomic E-state index is 12.2. The van der Waals surface area contributed by atoms with E-state index >= 15 is 0 Å². The van der Waals surface area contributed by atoms with Gasteiger partial charge < -0.3 is 4.74 Å². The van der Waals surface area contributed by atoms with E-state index in [1.165, 1.54) is 6.21 Å². The summed E-state index contributed by atoms with van der Waals surface area (Å²) in [6, 6.07) is 14.1. The number of rotatable bonds is 6. The molecular weight excluding hydrogens is 387 g/mol. The van der Waals surface area contributed by atoms with Crippen molar-refractivity contribution < 1.29 is 9.53 Å². The molecule has 0 saturated heterocycles. The first-order valence-corrected chi connectivity index (χ1v) is 8.90. The Bertz CT molecular complexity index is 985. The molecule has 3 aromatic rings. The number of carbonyl (C=O) groups is 1. The Hall–Kier alpha value is -2.83. The molecule has 8 heteroatoms. The molecule has 3 rings (SSSR count). The van der Waals surface area contributed by atoms with Crippen LogP contribution in [0.25, 0.3) is 11.3 Å². The molecule has 2 aromatic carbocycles. The quantitative estimate of drug-likeness (QED) is 0.468. The molecule has 0 aliphatic rings. The molecule has 0 unspecified atom stereocenters. The zero-order chi connectivity index (χ0) is 19.2. The minimum Gasteiger partial charge on any atom is -0.493 e. The maximum atomic E-state index is 12.2. The molecule has 1 amide bonds. The molecule has 1 heterocycles. The molecule has 2 N–H and O–H groups in total. The zero-order valence-corrected chi connectivity index (χ0v) is 15.9. The topological polar surface area (TPSA) is 79.4 Å². The monoisotopic (exact) mass is 402 g/mol. The van der Waals surface area contributed by atoms with Gasteiger partial charge in [-0.1, -0.05) is 41.4 Å². The summed E-state index contributed by atoms with van der Waals surface area (Å²) in [5.41, 5.74) is 4.74. The summed E-state index contributed by atoms with van der Waals surface area (Å²) in [5.74, 6) is 0.276. The van der Waals surface area contributed by atoms with E-state index in [0.717, 1.165) is 5.56 Å². The summed E-state index contributed by atoms with van der Waals surface area (Å²) in [6.45, 7) is 2.45. The number of amides is 1. The minimum absolute atomic E-state index is 0.274. The van der Waals surface area contributed by atoms with Crippen molar-refractivity contribution in [3.63, 3.8) is 0 Å². The van der Waals surface area contributed by atoms with Crippen molar-refractivity contribution in [1.82, 2.24) is 15.6 Å². The van der Waals surface area contributed by atoms with Crippen LogP contribution in [-0.2, 0) is 0 Å².